The average molecular weight is 525 g/mol. The number of hydrogen-bond acceptors (Lipinski definition) is 6. The number of benzene rings is 2. The Morgan fingerprint density at radius 2 is 1.32 bits per heavy atom. The maximum absolute atomic E-state index is 12.3. The van der Waals surface area contributed by atoms with Gasteiger partial charge in [-0.25, -0.2) is 0 Å². The summed E-state index contributed by atoms with van der Waals surface area (Å²) in [7, 11) is 0. The summed E-state index contributed by atoms with van der Waals surface area (Å²) in [4.78, 5) is 18.9. The maximum atomic E-state index is 12.3. The number of amidine groups is 1. The minimum Gasteiger partial charge on any atom is -0.612 e. The van der Waals surface area contributed by atoms with Crippen LogP contribution in [-0.4, -0.2) is 44.3 Å². The highest BCUT2D eigenvalue weighted by Gasteiger charge is 2.64. The first-order chi connectivity index (χ1) is 18.1. The maximum Gasteiger partial charge on any atom is 0.152 e. The van der Waals surface area contributed by atoms with E-state index in [1.54, 1.807) is 18.0 Å². The largest absolute Gasteiger partial charge is 0.612 e. The van der Waals surface area contributed by atoms with E-state index >= 15 is 0 Å². The van der Waals surface area contributed by atoms with Gasteiger partial charge in [-0.15, -0.1) is 11.8 Å². The lowest BCUT2D eigenvalue weighted by molar-refractivity contribution is 0.172. The van der Waals surface area contributed by atoms with Crippen molar-refractivity contribution in [3.05, 3.63) is 120 Å². The Hall–Kier alpha value is -3.13. The normalized spacial score (nSPS) is 20.9. The zero-order chi connectivity index (χ0) is 25.5. The summed E-state index contributed by atoms with van der Waals surface area (Å²) in [6.45, 7) is 0.908. The summed E-state index contributed by atoms with van der Waals surface area (Å²) < 4.78 is 12.3. The van der Waals surface area contributed by atoms with Crippen molar-refractivity contribution in [2.45, 2.75) is 33.7 Å². The predicted molar refractivity (Wildman–Crippen MR) is 150 cm³/mol. The monoisotopic (exact) mass is 524 g/mol. The number of nitrogens with zero attached hydrogens (tertiary/aromatic N) is 4. The summed E-state index contributed by atoms with van der Waals surface area (Å²) in [5.41, 5.74) is 3.01. The fourth-order valence-corrected chi connectivity index (χ4v) is 7.05. The van der Waals surface area contributed by atoms with Crippen molar-refractivity contribution in [3.63, 3.8) is 0 Å². The molecule has 0 saturated carbocycles. The van der Waals surface area contributed by atoms with Gasteiger partial charge in [-0.2, -0.15) is 0 Å². The molecule has 2 aromatic heterocycles. The minimum atomic E-state index is -1.06. The number of aliphatic imine (C=N–C) groups is 1. The van der Waals surface area contributed by atoms with Crippen LogP contribution in [0.4, 0.5) is 0 Å². The molecule has 7 heteroatoms. The van der Waals surface area contributed by atoms with Gasteiger partial charge in [0.2, 0.25) is 0 Å². The number of pyridine rings is 2. The Balaban J connectivity index is 1.75. The molecule has 2 aliphatic rings. The molecule has 1 fully saturated rings. The van der Waals surface area contributed by atoms with Crippen LogP contribution >= 0.6 is 11.8 Å². The molecular weight excluding hydrogens is 496 g/mol. The van der Waals surface area contributed by atoms with Crippen molar-refractivity contribution >= 4 is 28.8 Å². The van der Waals surface area contributed by atoms with Gasteiger partial charge in [-0.1, -0.05) is 24.3 Å². The summed E-state index contributed by atoms with van der Waals surface area (Å²) in [6, 6.07) is 25.5. The summed E-state index contributed by atoms with van der Waals surface area (Å²) in [6.07, 6.45) is 13.3. The SMILES string of the molecule is CSc1ccc(C2(c3ccc([S+](C)[O-])cc3)N=C3CCCN3C2(c2ccncc2)c2ccncc2)cc1. The Morgan fingerprint density at radius 1 is 0.784 bits per heavy atom. The topological polar surface area (TPSA) is 64.4 Å². The fourth-order valence-electron chi connectivity index (χ4n) is 6.12. The van der Waals surface area contributed by atoms with Gasteiger partial charge in [0, 0.05) is 42.6 Å². The van der Waals surface area contributed by atoms with Crippen molar-refractivity contribution < 1.29 is 4.55 Å². The summed E-state index contributed by atoms with van der Waals surface area (Å²) in [5.74, 6) is 1.12. The van der Waals surface area contributed by atoms with Gasteiger partial charge >= 0.3 is 0 Å². The zero-order valence-corrected chi connectivity index (χ0v) is 22.5. The second kappa shape index (κ2) is 9.63. The van der Waals surface area contributed by atoms with Crippen molar-refractivity contribution in [2.24, 2.45) is 4.99 Å². The molecule has 1 saturated heterocycles. The lowest BCUT2D eigenvalue weighted by atomic mass is 9.62. The van der Waals surface area contributed by atoms with Crippen molar-refractivity contribution in [2.75, 3.05) is 19.1 Å². The third kappa shape index (κ3) is 3.63. The van der Waals surface area contributed by atoms with E-state index in [0.29, 0.717) is 0 Å². The minimum absolute atomic E-state index is 0.654. The lowest BCUT2D eigenvalue weighted by Gasteiger charge is -2.50. The summed E-state index contributed by atoms with van der Waals surface area (Å²) >= 11 is 0.671. The standard InChI is InChI=1S/C30H28N4OS2/c1-36-26-9-5-22(6-10-26)29(23-7-11-27(12-8-23)37(2)35)30(24-13-17-31-18-14-24,25-15-19-32-20-16-25)34-21-3-4-28(34)33-29/h5-20H,3-4,21H2,1-2H3. The molecule has 0 spiro atoms. The highest BCUT2D eigenvalue weighted by Crippen LogP contribution is 2.60. The first-order valence-corrected chi connectivity index (χ1v) is 15.2. The molecule has 4 aromatic rings. The van der Waals surface area contributed by atoms with Crippen LogP contribution < -0.4 is 0 Å². The molecule has 2 atom stereocenters. The number of thioether (sulfide) groups is 1. The Labute approximate surface area is 225 Å². The molecule has 0 bridgehead atoms. The van der Waals surface area contributed by atoms with Gasteiger partial charge in [0.25, 0.3) is 0 Å². The molecule has 6 rings (SSSR count). The summed E-state index contributed by atoms with van der Waals surface area (Å²) in [5, 5.41) is 0. The van der Waals surface area contributed by atoms with Crippen LogP contribution in [0, 0.1) is 0 Å². The molecule has 2 unspecified atom stereocenters. The molecule has 0 aliphatic carbocycles. The number of fused-ring (bicyclic) bond motifs is 1. The third-order valence-corrected chi connectivity index (χ3v) is 9.31. The molecule has 0 amide bonds. The molecule has 37 heavy (non-hydrogen) atoms. The lowest BCUT2D eigenvalue weighted by Crippen LogP contribution is -2.56. The van der Waals surface area contributed by atoms with E-state index in [0.717, 1.165) is 52.4 Å². The van der Waals surface area contributed by atoms with Gasteiger partial charge < -0.3 is 9.45 Å². The quantitative estimate of drug-likeness (QED) is 0.242. The second-order valence-electron chi connectivity index (χ2n) is 9.38. The molecule has 186 valence electrons. The number of hydrogen-bond donors (Lipinski definition) is 0. The van der Waals surface area contributed by atoms with Crippen molar-refractivity contribution in [3.8, 4) is 0 Å². The average Bonchev–Trinajstić information content (AvgIpc) is 3.53. The van der Waals surface area contributed by atoms with Crippen molar-refractivity contribution in [1.82, 2.24) is 14.9 Å². The van der Waals surface area contributed by atoms with Crippen LogP contribution in [0.3, 0.4) is 0 Å². The van der Waals surface area contributed by atoms with Crippen LogP contribution in [0.2, 0.25) is 0 Å². The van der Waals surface area contributed by atoms with Crippen LogP contribution in [0.5, 0.6) is 0 Å². The molecule has 2 aromatic carbocycles. The number of rotatable bonds is 6. The molecule has 5 nitrogen and oxygen atoms in total. The van der Waals surface area contributed by atoms with Gasteiger partial charge in [0.05, 0.1) is 0 Å². The second-order valence-corrected chi connectivity index (χ2v) is 11.6. The number of aromatic nitrogens is 2. The first-order valence-electron chi connectivity index (χ1n) is 12.4. The van der Waals surface area contributed by atoms with E-state index in [1.165, 1.54) is 4.90 Å². The molecular formula is C30H28N4OS2. The zero-order valence-electron chi connectivity index (χ0n) is 20.9. The van der Waals surface area contributed by atoms with E-state index in [9.17, 15) is 4.55 Å². The molecule has 0 N–H and O–H groups in total. The van der Waals surface area contributed by atoms with Crippen LogP contribution in [0.1, 0.15) is 35.1 Å². The Morgan fingerprint density at radius 3 is 1.84 bits per heavy atom. The Bertz CT molecular complexity index is 1370. The van der Waals surface area contributed by atoms with Gasteiger partial charge in [0.1, 0.15) is 23.2 Å². The van der Waals surface area contributed by atoms with Crippen LogP contribution in [-0.2, 0) is 22.3 Å². The molecule has 0 radical (unpaired) electrons. The third-order valence-electron chi connectivity index (χ3n) is 7.63. The van der Waals surface area contributed by atoms with E-state index in [2.05, 4.69) is 81.8 Å². The Kier molecular flexibility index (Phi) is 6.31. The van der Waals surface area contributed by atoms with Gasteiger partial charge in [-0.05, 0) is 94.6 Å². The van der Waals surface area contributed by atoms with Gasteiger partial charge in [-0.3, -0.25) is 15.0 Å². The van der Waals surface area contributed by atoms with Gasteiger partial charge in [0.15, 0.2) is 4.90 Å². The predicted octanol–water partition coefficient (Wildman–Crippen LogP) is 5.63. The van der Waals surface area contributed by atoms with Crippen LogP contribution in [0.15, 0.2) is 112 Å². The van der Waals surface area contributed by atoms with E-state index < -0.39 is 22.3 Å². The smallest absolute Gasteiger partial charge is 0.152 e. The highest BCUT2D eigenvalue weighted by molar-refractivity contribution is 7.98. The van der Waals surface area contributed by atoms with E-state index in [4.69, 9.17) is 4.99 Å². The van der Waals surface area contributed by atoms with Crippen molar-refractivity contribution in [1.29, 1.82) is 0 Å². The molecule has 4 heterocycles. The van der Waals surface area contributed by atoms with Crippen LogP contribution in [0.25, 0.3) is 0 Å². The van der Waals surface area contributed by atoms with E-state index in [1.807, 2.05) is 36.9 Å². The molecule has 2 aliphatic heterocycles. The first kappa shape index (κ1) is 24.2. The van der Waals surface area contributed by atoms with E-state index in [-0.39, 0.29) is 0 Å². The fraction of sp³-hybridized carbons (Fsp3) is 0.233. The highest BCUT2D eigenvalue weighted by atomic mass is 32.2.